The Morgan fingerprint density at radius 2 is 2.15 bits per heavy atom. The molecular formula is C14H24N4OS. The molecule has 0 atom stereocenters. The van der Waals surface area contributed by atoms with Crippen molar-refractivity contribution >= 4 is 12.2 Å². The SMILES string of the molecule is C=CCn1c(C)nn(CN2CCC(COC)CC2)c1=S. The smallest absolute Gasteiger partial charge is 0.199 e. The predicted octanol–water partition coefficient (Wildman–Crippen LogP) is 2.22. The molecule has 20 heavy (non-hydrogen) atoms. The van der Waals surface area contributed by atoms with Gasteiger partial charge < -0.3 is 9.30 Å². The molecule has 0 aromatic carbocycles. The van der Waals surface area contributed by atoms with Gasteiger partial charge in [0.2, 0.25) is 0 Å². The molecule has 1 aliphatic heterocycles. The van der Waals surface area contributed by atoms with Crippen LogP contribution < -0.4 is 0 Å². The standard InChI is InChI=1S/C14H24N4OS/c1-4-7-17-12(2)15-18(14(17)20)11-16-8-5-13(6-9-16)10-19-3/h4,13H,1,5-11H2,2-3H3. The zero-order valence-corrected chi connectivity index (χ0v) is 13.2. The zero-order valence-electron chi connectivity index (χ0n) is 12.4. The number of aryl methyl sites for hydroxylation is 1. The molecule has 112 valence electrons. The number of hydrogen-bond donors (Lipinski definition) is 0. The van der Waals surface area contributed by atoms with E-state index >= 15 is 0 Å². The van der Waals surface area contributed by atoms with E-state index in [1.807, 2.05) is 22.2 Å². The number of nitrogens with zero attached hydrogens (tertiary/aromatic N) is 4. The van der Waals surface area contributed by atoms with Gasteiger partial charge in [-0.2, -0.15) is 5.10 Å². The summed E-state index contributed by atoms with van der Waals surface area (Å²) in [6, 6.07) is 0. The summed E-state index contributed by atoms with van der Waals surface area (Å²) < 4.78 is 9.95. The number of likely N-dealkylation sites (tertiary alicyclic amines) is 1. The van der Waals surface area contributed by atoms with E-state index in [9.17, 15) is 0 Å². The summed E-state index contributed by atoms with van der Waals surface area (Å²) in [7, 11) is 1.78. The minimum atomic E-state index is 0.698. The number of rotatable bonds is 6. The molecule has 0 N–H and O–H groups in total. The van der Waals surface area contributed by atoms with Gasteiger partial charge in [0.15, 0.2) is 4.77 Å². The molecular weight excluding hydrogens is 272 g/mol. The van der Waals surface area contributed by atoms with Gasteiger partial charge in [-0.05, 0) is 37.9 Å². The molecule has 2 rings (SSSR count). The maximum absolute atomic E-state index is 5.48. The quantitative estimate of drug-likeness (QED) is 0.596. The van der Waals surface area contributed by atoms with Crippen molar-refractivity contribution in [1.29, 1.82) is 0 Å². The molecule has 0 radical (unpaired) electrons. The predicted molar refractivity (Wildman–Crippen MR) is 82.2 cm³/mol. The van der Waals surface area contributed by atoms with Crippen LogP contribution in [0.4, 0.5) is 0 Å². The first kappa shape index (κ1) is 15.4. The van der Waals surface area contributed by atoms with Crippen LogP contribution in [-0.2, 0) is 18.0 Å². The van der Waals surface area contributed by atoms with Crippen molar-refractivity contribution in [3.63, 3.8) is 0 Å². The largest absolute Gasteiger partial charge is 0.384 e. The van der Waals surface area contributed by atoms with E-state index in [0.29, 0.717) is 5.92 Å². The fourth-order valence-electron chi connectivity index (χ4n) is 2.70. The van der Waals surface area contributed by atoms with E-state index in [0.717, 1.165) is 43.5 Å². The van der Waals surface area contributed by atoms with Gasteiger partial charge in [0.25, 0.3) is 0 Å². The van der Waals surface area contributed by atoms with Gasteiger partial charge >= 0.3 is 0 Å². The van der Waals surface area contributed by atoms with Crippen LogP contribution >= 0.6 is 12.2 Å². The highest BCUT2D eigenvalue weighted by Gasteiger charge is 2.20. The fraction of sp³-hybridized carbons (Fsp3) is 0.714. The van der Waals surface area contributed by atoms with E-state index in [4.69, 9.17) is 17.0 Å². The van der Waals surface area contributed by atoms with Gasteiger partial charge in [-0.15, -0.1) is 6.58 Å². The summed E-state index contributed by atoms with van der Waals surface area (Å²) in [5, 5.41) is 4.54. The van der Waals surface area contributed by atoms with Gasteiger partial charge in [-0.3, -0.25) is 4.90 Å². The zero-order chi connectivity index (χ0) is 14.5. The molecule has 0 aliphatic carbocycles. The van der Waals surface area contributed by atoms with Gasteiger partial charge in [0.05, 0.1) is 6.67 Å². The van der Waals surface area contributed by atoms with Gasteiger partial charge in [0, 0.05) is 33.4 Å². The molecule has 0 bridgehead atoms. The van der Waals surface area contributed by atoms with Gasteiger partial charge in [-0.25, -0.2) is 4.68 Å². The molecule has 1 saturated heterocycles. The molecule has 1 aromatic rings. The number of piperidine rings is 1. The highest BCUT2D eigenvalue weighted by molar-refractivity contribution is 7.71. The number of ether oxygens (including phenoxy) is 1. The summed E-state index contributed by atoms with van der Waals surface area (Å²) in [5.74, 6) is 1.65. The lowest BCUT2D eigenvalue weighted by Gasteiger charge is -2.31. The molecule has 1 aromatic heterocycles. The van der Waals surface area contributed by atoms with Crippen LogP contribution in [0.15, 0.2) is 12.7 Å². The van der Waals surface area contributed by atoms with Crippen LogP contribution in [0, 0.1) is 17.6 Å². The van der Waals surface area contributed by atoms with E-state index in [2.05, 4.69) is 16.6 Å². The Balaban J connectivity index is 1.96. The molecule has 2 heterocycles. The lowest BCUT2D eigenvalue weighted by molar-refractivity contribution is 0.0836. The van der Waals surface area contributed by atoms with Crippen LogP contribution in [-0.4, -0.2) is 46.1 Å². The maximum atomic E-state index is 5.48. The van der Waals surface area contributed by atoms with Crippen LogP contribution in [0.3, 0.4) is 0 Å². The van der Waals surface area contributed by atoms with Crippen molar-refractivity contribution in [2.24, 2.45) is 5.92 Å². The summed E-state index contributed by atoms with van der Waals surface area (Å²) >= 11 is 5.48. The van der Waals surface area contributed by atoms with E-state index in [1.54, 1.807) is 7.11 Å². The van der Waals surface area contributed by atoms with Crippen molar-refractivity contribution in [2.75, 3.05) is 26.8 Å². The van der Waals surface area contributed by atoms with Crippen molar-refractivity contribution in [2.45, 2.75) is 33.0 Å². The summed E-state index contributed by atoms with van der Waals surface area (Å²) in [4.78, 5) is 2.41. The number of allylic oxidation sites excluding steroid dienone is 1. The lowest BCUT2D eigenvalue weighted by atomic mass is 9.98. The molecule has 6 heteroatoms. The van der Waals surface area contributed by atoms with Crippen molar-refractivity contribution in [3.05, 3.63) is 23.3 Å². The van der Waals surface area contributed by atoms with Gasteiger partial charge in [0.1, 0.15) is 5.82 Å². The molecule has 1 aliphatic rings. The third-order valence-corrected chi connectivity index (χ3v) is 4.29. The van der Waals surface area contributed by atoms with E-state index < -0.39 is 0 Å². The third kappa shape index (κ3) is 3.56. The minimum absolute atomic E-state index is 0.698. The van der Waals surface area contributed by atoms with Crippen molar-refractivity contribution in [3.8, 4) is 0 Å². The normalized spacial score (nSPS) is 17.5. The molecule has 0 saturated carbocycles. The average Bonchev–Trinajstić information content (AvgIpc) is 2.69. The number of aromatic nitrogens is 3. The molecule has 0 unspecified atom stereocenters. The Labute approximate surface area is 125 Å². The van der Waals surface area contributed by atoms with Crippen molar-refractivity contribution < 1.29 is 4.74 Å². The van der Waals surface area contributed by atoms with Crippen LogP contribution in [0.5, 0.6) is 0 Å². The lowest BCUT2D eigenvalue weighted by Crippen LogP contribution is -2.36. The topological polar surface area (TPSA) is 35.2 Å². The first-order valence-corrected chi connectivity index (χ1v) is 7.53. The molecule has 0 amide bonds. The highest BCUT2D eigenvalue weighted by Crippen LogP contribution is 2.17. The first-order valence-electron chi connectivity index (χ1n) is 7.12. The Bertz CT molecular complexity index is 500. The molecule has 1 fully saturated rings. The summed E-state index contributed by atoms with van der Waals surface area (Å²) in [6.07, 6.45) is 4.23. The van der Waals surface area contributed by atoms with Crippen LogP contribution in [0.2, 0.25) is 0 Å². The van der Waals surface area contributed by atoms with Crippen LogP contribution in [0.1, 0.15) is 18.7 Å². The minimum Gasteiger partial charge on any atom is -0.384 e. The third-order valence-electron chi connectivity index (χ3n) is 3.86. The van der Waals surface area contributed by atoms with Crippen molar-refractivity contribution in [1.82, 2.24) is 19.2 Å². The molecule has 0 spiro atoms. The summed E-state index contributed by atoms with van der Waals surface area (Å²) in [6.45, 7) is 10.3. The highest BCUT2D eigenvalue weighted by atomic mass is 32.1. The average molecular weight is 296 g/mol. The number of hydrogen-bond acceptors (Lipinski definition) is 4. The Kier molecular flexibility index (Phi) is 5.51. The van der Waals surface area contributed by atoms with E-state index in [1.165, 1.54) is 12.8 Å². The second-order valence-corrected chi connectivity index (χ2v) is 5.75. The van der Waals surface area contributed by atoms with Crippen LogP contribution in [0.25, 0.3) is 0 Å². The molecule has 5 nitrogen and oxygen atoms in total. The first-order chi connectivity index (χ1) is 9.65. The fourth-order valence-corrected chi connectivity index (χ4v) is 3.01. The van der Waals surface area contributed by atoms with E-state index in [-0.39, 0.29) is 0 Å². The Hall–Kier alpha value is -0.980. The Morgan fingerprint density at radius 1 is 1.45 bits per heavy atom. The van der Waals surface area contributed by atoms with Gasteiger partial charge in [-0.1, -0.05) is 6.08 Å². The number of methoxy groups -OCH3 is 1. The second kappa shape index (κ2) is 7.15. The second-order valence-electron chi connectivity index (χ2n) is 5.39. The Morgan fingerprint density at radius 3 is 2.75 bits per heavy atom. The maximum Gasteiger partial charge on any atom is 0.199 e. The monoisotopic (exact) mass is 296 g/mol. The summed E-state index contributed by atoms with van der Waals surface area (Å²) in [5.41, 5.74) is 0.